The number of nitrogens with zero attached hydrogens (tertiary/aromatic N) is 1. The standard InChI is InChI=1S/C15H22ClNO3S/c1-2-13-4-3-10-17(12-13)21(18,19)15-7-5-14(6-8-15)20-11-9-16/h5-8,13H,2-4,9-12H2,1H3. The molecular weight excluding hydrogens is 310 g/mol. The fraction of sp³-hybridized carbons (Fsp3) is 0.600. The number of alkyl halides is 1. The lowest BCUT2D eigenvalue weighted by atomic mass is 9.97. The van der Waals surface area contributed by atoms with Crippen molar-refractivity contribution in [2.24, 2.45) is 5.92 Å². The Kier molecular flexibility index (Phi) is 5.90. The Bertz CT molecular complexity index is 545. The number of piperidine rings is 1. The Labute approximate surface area is 132 Å². The molecule has 0 radical (unpaired) electrons. The van der Waals surface area contributed by atoms with E-state index in [0.717, 1.165) is 19.3 Å². The molecular formula is C15H22ClNO3S. The lowest BCUT2D eigenvalue weighted by Crippen LogP contribution is -2.39. The first kappa shape index (κ1) is 16.6. The third-order valence-corrected chi connectivity index (χ3v) is 5.90. The fourth-order valence-corrected chi connectivity index (χ4v) is 4.22. The first-order valence-corrected chi connectivity index (χ1v) is 9.34. The zero-order chi connectivity index (χ0) is 15.3. The number of rotatable bonds is 6. The highest BCUT2D eigenvalue weighted by Gasteiger charge is 2.29. The Morgan fingerprint density at radius 2 is 2.05 bits per heavy atom. The van der Waals surface area contributed by atoms with E-state index in [0.29, 0.717) is 42.1 Å². The molecule has 1 heterocycles. The summed E-state index contributed by atoms with van der Waals surface area (Å²) in [6.07, 6.45) is 3.08. The summed E-state index contributed by atoms with van der Waals surface area (Å²) in [7, 11) is -3.39. The van der Waals surface area contributed by atoms with Crippen LogP contribution in [-0.2, 0) is 10.0 Å². The topological polar surface area (TPSA) is 46.6 Å². The molecule has 0 amide bonds. The zero-order valence-corrected chi connectivity index (χ0v) is 13.9. The van der Waals surface area contributed by atoms with Gasteiger partial charge in [-0.3, -0.25) is 0 Å². The van der Waals surface area contributed by atoms with Crippen LogP contribution in [0.25, 0.3) is 0 Å². The highest BCUT2D eigenvalue weighted by Crippen LogP contribution is 2.26. The van der Waals surface area contributed by atoms with E-state index in [2.05, 4.69) is 6.92 Å². The maximum atomic E-state index is 12.6. The van der Waals surface area contributed by atoms with Crippen LogP contribution in [-0.4, -0.2) is 38.3 Å². The van der Waals surface area contributed by atoms with Crippen molar-refractivity contribution in [1.82, 2.24) is 4.31 Å². The van der Waals surface area contributed by atoms with Gasteiger partial charge in [0.15, 0.2) is 0 Å². The molecule has 1 fully saturated rings. The molecule has 1 aromatic rings. The molecule has 0 bridgehead atoms. The van der Waals surface area contributed by atoms with Crippen molar-refractivity contribution in [1.29, 1.82) is 0 Å². The highest BCUT2D eigenvalue weighted by molar-refractivity contribution is 7.89. The van der Waals surface area contributed by atoms with Crippen LogP contribution in [0.2, 0.25) is 0 Å². The third kappa shape index (κ3) is 4.11. The van der Waals surface area contributed by atoms with Crippen LogP contribution in [0.3, 0.4) is 0 Å². The monoisotopic (exact) mass is 331 g/mol. The van der Waals surface area contributed by atoms with Gasteiger partial charge in [-0.2, -0.15) is 4.31 Å². The molecule has 1 unspecified atom stereocenters. The maximum absolute atomic E-state index is 12.6. The van der Waals surface area contributed by atoms with E-state index < -0.39 is 10.0 Å². The molecule has 1 atom stereocenters. The van der Waals surface area contributed by atoms with Crippen LogP contribution in [0.1, 0.15) is 26.2 Å². The van der Waals surface area contributed by atoms with Gasteiger partial charge in [-0.25, -0.2) is 8.42 Å². The van der Waals surface area contributed by atoms with Gasteiger partial charge in [-0.1, -0.05) is 13.3 Å². The van der Waals surface area contributed by atoms with Crippen molar-refractivity contribution in [3.05, 3.63) is 24.3 Å². The number of hydrogen-bond acceptors (Lipinski definition) is 3. The van der Waals surface area contributed by atoms with Gasteiger partial charge in [0.05, 0.1) is 10.8 Å². The zero-order valence-electron chi connectivity index (χ0n) is 12.3. The number of halogens is 1. The number of hydrogen-bond donors (Lipinski definition) is 0. The smallest absolute Gasteiger partial charge is 0.243 e. The number of ether oxygens (including phenoxy) is 1. The minimum Gasteiger partial charge on any atom is -0.492 e. The SMILES string of the molecule is CCC1CCCN(S(=O)(=O)c2ccc(OCCCl)cc2)C1. The Hall–Kier alpha value is -0.780. The van der Waals surface area contributed by atoms with Gasteiger partial charge in [-0.05, 0) is 43.0 Å². The van der Waals surface area contributed by atoms with Gasteiger partial charge < -0.3 is 4.74 Å². The van der Waals surface area contributed by atoms with Crippen LogP contribution < -0.4 is 4.74 Å². The summed E-state index contributed by atoms with van der Waals surface area (Å²) < 4.78 is 32.2. The van der Waals surface area contributed by atoms with E-state index in [1.807, 2.05) is 0 Å². The normalized spacial score (nSPS) is 20.4. The minimum atomic E-state index is -3.39. The third-order valence-electron chi connectivity index (χ3n) is 3.87. The van der Waals surface area contributed by atoms with E-state index in [-0.39, 0.29) is 0 Å². The predicted molar refractivity (Wildman–Crippen MR) is 84.4 cm³/mol. The lowest BCUT2D eigenvalue weighted by molar-refractivity contribution is 0.261. The van der Waals surface area contributed by atoms with Gasteiger partial charge >= 0.3 is 0 Å². The maximum Gasteiger partial charge on any atom is 0.243 e. The number of benzene rings is 1. The highest BCUT2D eigenvalue weighted by atomic mass is 35.5. The second-order valence-electron chi connectivity index (χ2n) is 5.29. The summed E-state index contributed by atoms with van der Waals surface area (Å²) in [5, 5.41) is 0. The van der Waals surface area contributed by atoms with Crippen LogP contribution in [0.4, 0.5) is 0 Å². The van der Waals surface area contributed by atoms with Crippen molar-refractivity contribution >= 4 is 21.6 Å². The van der Waals surface area contributed by atoms with Gasteiger partial charge in [0.2, 0.25) is 10.0 Å². The molecule has 0 spiro atoms. The average Bonchev–Trinajstić information content (AvgIpc) is 2.53. The Balaban J connectivity index is 2.11. The second-order valence-corrected chi connectivity index (χ2v) is 7.60. The van der Waals surface area contributed by atoms with Crippen molar-refractivity contribution in [3.8, 4) is 5.75 Å². The van der Waals surface area contributed by atoms with Gasteiger partial charge in [0, 0.05) is 13.1 Å². The molecule has 1 saturated heterocycles. The molecule has 0 N–H and O–H groups in total. The lowest BCUT2D eigenvalue weighted by Gasteiger charge is -2.31. The van der Waals surface area contributed by atoms with Crippen LogP contribution in [0.15, 0.2) is 29.2 Å². The molecule has 4 nitrogen and oxygen atoms in total. The molecule has 1 aromatic carbocycles. The van der Waals surface area contributed by atoms with E-state index in [9.17, 15) is 8.42 Å². The molecule has 0 saturated carbocycles. The fourth-order valence-electron chi connectivity index (χ4n) is 2.59. The van der Waals surface area contributed by atoms with Crippen molar-refractivity contribution < 1.29 is 13.2 Å². The summed E-state index contributed by atoms with van der Waals surface area (Å²) in [5.74, 6) is 1.52. The summed E-state index contributed by atoms with van der Waals surface area (Å²) >= 11 is 5.56. The summed E-state index contributed by atoms with van der Waals surface area (Å²) in [6, 6.07) is 6.57. The second kappa shape index (κ2) is 7.47. The van der Waals surface area contributed by atoms with Crippen molar-refractivity contribution in [2.75, 3.05) is 25.6 Å². The minimum absolute atomic E-state index is 0.331. The van der Waals surface area contributed by atoms with Crippen LogP contribution in [0, 0.1) is 5.92 Å². The van der Waals surface area contributed by atoms with E-state index in [1.54, 1.807) is 28.6 Å². The number of sulfonamides is 1. The molecule has 2 rings (SSSR count). The first-order chi connectivity index (χ1) is 10.1. The van der Waals surface area contributed by atoms with Gasteiger partial charge in [-0.15, -0.1) is 11.6 Å². The Morgan fingerprint density at radius 3 is 2.67 bits per heavy atom. The van der Waals surface area contributed by atoms with Gasteiger partial charge in [0.1, 0.15) is 12.4 Å². The summed E-state index contributed by atoms with van der Waals surface area (Å²) in [4.78, 5) is 0.331. The van der Waals surface area contributed by atoms with E-state index in [1.165, 1.54) is 0 Å². The Morgan fingerprint density at radius 1 is 1.33 bits per heavy atom. The van der Waals surface area contributed by atoms with Crippen molar-refractivity contribution in [2.45, 2.75) is 31.1 Å². The molecule has 6 heteroatoms. The summed E-state index contributed by atoms with van der Waals surface area (Å²) in [6.45, 7) is 3.77. The largest absolute Gasteiger partial charge is 0.492 e. The quantitative estimate of drug-likeness (QED) is 0.752. The first-order valence-electron chi connectivity index (χ1n) is 7.37. The average molecular weight is 332 g/mol. The molecule has 118 valence electrons. The predicted octanol–water partition coefficient (Wildman–Crippen LogP) is 3.11. The van der Waals surface area contributed by atoms with E-state index >= 15 is 0 Å². The molecule has 0 aliphatic carbocycles. The summed E-state index contributed by atoms with van der Waals surface area (Å²) in [5.41, 5.74) is 0. The van der Waals surface area contributed by atoms with Gasteiger partial charge in [0.25, 0.3) is 0 Å². The molecule has 0 aromatic heterocycles. The van der Waals surface area contributed by atoms with E-state index in [4.69, 9.17) is 16.3 Å². The molecule has 1 aliphatic rings. The van der Waals surface area contributed by atoms with Crippen LogP contribution in [0.5, 0.6) is 5.75 Å². The van der Waals surface area contributed by atoms with Crippen LogP contribution >= 0.6 is 11.6 Å². The van der Waals surface area contributed by atoms with Crippen molar-refractivity contribution in [3.63, 3.8) is 0 Å². The molecule has 1 aliphatic heterocycles. The molecule has 21 heavy (non-hydrogen) atoms.